The lowest BCUT2D eigenvalue weighted by atomic mass is 10.1. The summed E-state index contributed by atoms with van der Waals surface area (Å²) in [5.74, 6) is 1.26. The fraction of sp³-hybridized carbons (Fsp3) is 0.429. The van der Waals surface area contributed by atoms with Crippen molar-refractivity contribution in [3.05, 3.63) is 24.5 Å². The molecule has 1 amide bonds. The van der Waals surface area contributed by atoms with Gasteiger partial charge in [0.2, 0.25) is 11.0 Å². The molecule has 2 aromatic heterocycles. The van der Waals surface area contributed by atoms with Crippen molar-refractivity contribution in [2.75, 3.05) is 24.6 Å². The van der Waals surface area contributed by atoms with Crippen LogP contribution in [0.15, 0.2) is 28.9 Å². The van der Waals surface area contributed by atoms with Gasteiger partial charge in [-0.3, -0.25) is 9.78 Å². The number of nitrogen functional groups attached to an aromatic ring is 1. The van der Waals surface area contributed by atoms with E-state index in [0.717, 1.165) is 22.9 Å². The summed E-state index contributed by atoms with van der Waals surface area (Å²) in [6, 6.07) is 3.75. The average molecular weight is 351 g/mol. The van der Waals surface area contributed by atoms with Crippen LogP contribution in [0.2, 0.25) is 0 Å². The van der Waals surface area contributed by atoms with Crippen LogP contribution in [-0.2, 0) is 4.79 Å². The van der Waals surface area contributed by atoms with E-state index in [4.69, 9.17) is 10.5 Å². The van der Waals surface area contributed by atoms with Crippen molar-refractivity contribution in [2.24, 2.45) is 0 Å². The number of carbonyl (C=O) groups excluding carboxylic acids is 1. The van der Waals surface area contributed by atoms with Gasteiger partial charge >= 0.3 is 0 Å². The van der Waals surface area contributed by atoms with Crippen LogP contribution >= 0.6 is 23.1 Å². The zero-order valence-electron chi connectivity index (χ0n) is 12.4. The largest absolute Gasteiger partial charge is 0.489 e. The van der Waals surface area contributed by atoms with Crippen LogP contribution in [0, 0.1) is 0 Å². The first-order valence-electron chi connectivity index (χ1n) is 7.27. The molecule has 0 atom stereocenters. The maximum absolute atomic E-state index is 12.2. The van der Waals surface area contributed by atoms with Crippen molar-refractivity contribution in [1.82, 2.24) is 20.1 Å². The van der Waals surface area contributed by atoms with Gasteiger partial charge in [0, 0.05) is 32.1 Å². The Morgan fingerprint density at radius 2 is 2.26 bits per heavy atom. The Bertz CT molecular complexity index is 644. The molecule has 3 rings (SSSR count). The van der Waals surface area contributed by atoms with Gasteiger partial charge in [0.15, 0.2) is 4.34 Å². The van der Waals surface area contributed by atoms with E-state index in [2.05, 4.69) is 15.2 Å². The van der Waals surface area contributed by atoms with Gasteiger partial charge in [0.1, 0.15) is 11.9 Å². The van der Waals surface area contributed by atoms with Crippen LogP contribution in [0.4, 0.5) is 5.13 Å². The van der Waals surface area contributed by atoms with Crippen LogP contribution in [-0.4, -0.2) is 50.9 Å². The van der Waals surface area contributed by atoms with E-state index in [0.29, 0.717) is 24.0 Å². The molecule has 1 aliphatic heterocycles. The van der Waals surface area contributed by atoms with Crippen LogP contribution < -0.4 is 10.5 Å². The Hall–Kier alpha value is -1.87. The normalized spacial score (nSPS) is 15.6. The van der Waals surface area contributed by atoms with Gasteiger partial charge in [-0.05, 0) is 12.1 Å². The van der Waals surface area contributed by atoms with Gasteiger partial charge < -0.3 is 15.4 Å². The van der Waals surface area contributed by atoms with E-state index in [1.54, 1.807) is 12.4 Å². The van der Waals surface area contributed by atoms with Crippen molar-refractivity contribution < 1.29 is 9.53 Å². The summed E-state index contributed by atoms with van der Waals surface area (Å²) in [4.78, 5) is 18.1. The first kappa shape index (κ1) is 16.0. The topological polar surface area (TPSA) is 94.2 Å². The average Bonchev–Trinajstić information content (AvgIpc) is 3.00. The molecule has 23 heavy (non-hydrogen) atoms. The Morgan fingerprint density at radius 1 is 1.43 bits per heavy atom. The third kappa shape index (κ3) is 4.55. The number of piperidine rings is 1. The number of anilines is 1. The lowest BCUT2D eigenvalue weighted by Gasteiger charge is -2.32. The predicted octanol–water partition coefficient (Wildman–Crippen LogP) is 1.68. The lowest BCUT2D eigenvalue weighted by molar-refractivity contribution is -0.130. The monoisotopic (exact) mass is 351 g/mol. The number of hydrogen-bond donors (Lipinski definition) is 1. The molecule has 2 aromatic rings. The molecule has 122 valence electrons. The molecular formula is C14H17N5O2S2. The van der Waals surface area contributed by atoms with Crippen molar-refractivity contribution in [1.29, 1.82) is 0 Å². The summed E-state index contributed by atoms with van der Waals surface area (Å²) in [5.41, 5.74) is 5.52. The smallest absolute Gasteiger partial charge is 0.233 e. The third-order valence-corrected chi connectivity index (χ3v) is 5.34. The molecule has 0 aliphatic carbocycles. The van der Waals surface area contributed by atoms with Gasteiger partial charge in [-0.1, -0.05) is 23.1 Å². The van der Waals surface area contributed by atoms with Crippen LogP contribution in [0.25, 0.3) is 0 Å². The standard InChI is InChI=1S/C14H17N5O2S2/c15-13-17-18-14(23-13)22-9-12(20)19-6-3-10(4-7-19)21-11-2-1-5-16-8-11/h1-2,5,8,10H,3-4,6-7,9H2,(H2,15,17). The number of nitrogens with zero attached hydrogens (tertiary/aromatic N) is 4. The van der Waals surface area contributed by atoms with E-state index in [1.165, 1.54) is 23.1 Å². The summed E-state index contributed by atoms with van der Waals surface area (Å²) in [6.07, 6.45) is 5.23. The minimum atomic E-state index is 0.114. The fourth-order valence-electron chi connectivity index (χ4n) is 2.33. The third-order valence-electron chi connectivity index (χ3n) is 3.47. The first-order chi connectivity index (χ1) is 11.2. The molecule has 3 heterocycles. The van der Waals surface area contributed by atoms with E-state index < -0.39 is 0 Å². The van der Waals surface area contributed by atoms with Crippen LogP contribution in [0.3, 0.4) is 0 Å². The van der Waals surface area contributed by atoms with Gasteiger partial charge in [-0.2, -0.15) is 0 Å². The minimum Gasteiger partial charge on any atom is -0.489 e. The highest BCUT2D eigenvalue weighted by Crippen LogP contribution is 2.24. The van der Waals surface area contributed by atoms with E-state index >= 15 is 0 Å². The highest BCUT2D eigenvalue weighted by atomic mass is 32.2. The second-order valence-electron chi connectivity index (χ2n) is 5.08. The number of nitrogens with two attached hydrogens (primary N) is 1. The number of hydrogen-bond acceptors (Lipinski definition) is 8. The number of likely N-dealkylation sites (tertiary alicyclic amines) is 1. The maximum atomic E-state index is 12.2. The van der Waals surface area contributed by atoms with Gasteiger partial charge in [-0.15, -0.1) is 10.2 Å². The SMILES string of the molecule is Nc1nnc(SCC(=O)N2CCC(Oc3cccnc3)CC2)s1. The van der Waals surface area contributed by atoms with Gasteiger partial charge in [0.05, 0.1) is 11.9 Å². The summed E-state index contributed by atoms with van der Waals surface area (Å²) in [7, 11) is 0. The zero-order valence-corrected chi connectivity index (χ0v) is 14.1. The Kier molecular flexibility index (Phi) is 5.29. The molecule has 0 saturated carbocycles. The van der Waals surface area contributed by atoms with Gasteiger partial charge in [-0.25, -0.2) is 0 Å². The lowest BCUT2D eigenvalue weighted by Crippen LogP contribution is -2.42. The molecule has 2 N–H and O–H groups in total. The fourth-order valence-corrected chi connectivity index (χ4v) is 3.86. The molecule has 1 aliphatic rings. The number of rotatable bonds is 5. The maximum Gasteiger partial charge on any atom is 0.233 e. The van der Waals surface area contributed by atoms with Crippen LogP contribution in [0.5, 0.6) is 5.75 Å². The van der Waals surface area contributed by atoms with E-state index in [1.807, 2.05) is 17.0 Å². The molecule has 0 spiro atoms. The molecule has 0 aromatic carbocycles. The van der Waals surface area contributed by atoms with Gasteiger partial charge in [0.25, 0.3) is 0 Å². The Labute approximate surface area is 142 Å². The Balaban J connectivity index is 1.42. The Morgan fingerprint density at radius 3 is 2.91 bits per heavy atom. The number of carbonyl (C=O) groups is 1. The number of ether oxygens (including phenoxy) is 1. The molecule has 1 fully saturated rings. The molecule has 7 nitrogen and oxygen atoms in total. The van der Waals surface area contributed by atoms with E-state index in [9.17, 15) is 4.79 Å². The van der Waals surface area contributed by atoms with Crippen molar-refractivity contribution in [2.45, 2.75) is 23.3 Å². The van der Waals surface area contributed by atoms with Crippen molar-refractivity contribution >= 4 is 34.1 Å². The van der Waals surface area contributed by atoms with E-state index in [-0.39, 0.29) is 12.0 Å². The second-order valence-corrected chi connectivity index (χ2v) is 7.31. The highest BCUT2D eigenvalue weighted by molar-refractivity contribution is 8.01. The molecule has 1 saturated heterocycles. The molecule has 0 radical (unpaired) electrons. The number of thioether (sulfide) groups is 1. The van der Waals surface area contributed by atoms with Crippen molar-refractivity contribution in [3.63, 3.8) is 0 Å². The quantitative estimate of drug-likeness (QED) is 0.819. The molecule has 0 unspecified atom stereocenters. The summed E-state index contributed by atoms with van der Waals surface area (Å²) in [6.45, 7) is 1.42. The highest BCUT2D eigenvalue weighted by Gasteiger charge is 2.24. The minimum absolute atomic E-state index is 0.114. The zero-order chi connectivity index (χ0) is 16.1. The molecule has 9 heteroatoms. The molecular weight excluding hydrogens is 334 g/mol. The summed E-state index contributed by atoms with van der Waals surface area (Å²) >= 11 is 2.68. The van der Waals surface area contributed by atoms with Crippen LogP contribution in [0.1, 0.15) is 12.8 Å². The first-order valence-corrected chi connectivity index (χ1v) is 9.07. The predicted molar refractivity (Wildman–Crippen MR) is 89.5 cm³/mol. The number of pyridine rings is 1. The number of amides is 1. The molecule has 0 bridgehead atoms. The number of aromatic nitrogens is 3. The summed E-state index contributed by atoms with van der Waals surface area (Å²) in [5, 5.41) is 8.06. The second kappa shape index (κ2) is 7.60. The van der Waals surface area contributed by atoms with Crippen molar-refractivity contribution in [3.8, 4) is 5.75 Å². The summed E-state index contributed by atoms with van der Waals surface area (Å²) < 4.78 is 6.61.